The monoisotopic (exact) mass is 343 g/mol. The third kappa shape index (κ3) is 3.10. The molecule has 108 valence electrons. The average Bonchev–Trinajstić information content (AvgIpc) is 2.47. The zero-order valence-electron chi connectivity index (χ0n) is 10.8. The molecule has 1 N–H and O–H groups in total. The highest BCUT2D eigenvalue weighted by Crippen LogP contribution is 2.24. The van der Waals surface area contributed by atoms with Crippen LogP contribution >= 0.6 is 15.9 Å². The number of aliphatic carboxylic acids is 1. The predicted molar refractivity (Wildman–Crippen MR) is 74.0 cm³/mol. The first-order valence-electron chi connectivity index (χ1n) is 6.00. The third-order valence-electron chi connectivity index (χ3n) is 3.03. The molecule has 7 heteroatoms. The van der Waals surface area contributed by atoms with E-state index in [0.717, 1.165) is 0 Å². The maximum Gasteiger partial charge on any atom is 0.334 e. The van der Waals surface area contributed by atoms with Gasteiger partial charge in [0.1, 0.15) is 5.75 Å². The summed E-state index contributed by atoms with van der Waals surface area (Å²) < 4.78 is 10.8. The summed E-state index contributed by atoms with van der Waals surface area (Å²) in [4.78, 5) is 24.9. The standard InChI is InChI=1S/C13H14BrNO5/c1-19-8-2-3-10(14)9(6-8)12(16)15-4-5-20-11(7-15)13(17)18/h2-3,6,11H,4-5,7H2,1H3,(H,17,18)/t11-/m1/s1. The van der Waals surface area contributed by atoms with Crippen molar-refractivity contribution >= 4 is 27.8 Å². The number of methoxy groups -OCH3 is 1. The second kappa shape index (κ2) is 6.23. The molecule has 1 fully saturated rings. The van der Waals surface area contributed by atoms with E-state index in [0.29, 0.717) is 22.3 Å². The first kappa shape index (κ1) is 14.8. The van der Waals surface area contributed by atoms with Gasteiger partial charge in [-0.1, -0.05) is 0 Å². The second-order valence-electron chi connectivity index (χ2n) is 4.29. The zero-order chi connectivity index (χ0) is 14.7. The van der Waals surface area contributed by atoms with Crippen molar-refractivity contribution in [3.8, 4) is 5.75 Å². The van der Waals surface area contributed by atoms with Crippen molar-refractivity contribution in [3.05, 3.63) is 28.2 Å². The molecular formula is C13H14BrNO5. The SMILES string of the molecule is COc1ccc(Br)c(C(=O)N2CCO[C@@H](C(=O)O)C2)c1. The Bertz CT molecular complexity index is 533. The molecule has 1 aromatic rings. The van der Waals surface area contributed by atoms with Gasteiger partial charge < -0.3 is 19.5 Å². The van der Waals surface area contributed by atoms with Crippen LogP contribution in [-0.4, -0.2) is 54.8 Å². The van der Waals surface area contributed by atoms with Crippen LogP contribution in [0.4, 0.5) is 0 Å². The Hall–Kier alpha value is -1.60. The van der Waals surface area contributed by atoms with E-state index < -0.39 is 12.1 Å². The van der Waals surface area contributed by atoms with Crippen LogP contribution in [0.1, 0.15) is 10.4 Å². The Morgan fingerprint density at radius 1 is 1.50 bits per heavy atom. The van der Waals surface area contributed by atoms with Gasteiger partial charge >= 0.3 is 5.97 Å². The number of morpholine rings is 1. The number of hydrogen-bond acceptors (Lipinski definition) is 4. The van der Waals surface area contributed by atoms with Crippen molar-refractivity contribution in [1.82, 2.24) is 4.90 Å². The third-order valence-corrected chi connectivity index (χ3v) is 3.72. The molecule has 1 aromatic carbocycles. The van der Waals surface area contributed by atoms with Gasteiger partial charge in [0.2, 0.25) is 0 Å². The zero-order valence-corrected chi connectivity index (χ0v) is 12.4. The van der Waals surface area contributed by atoms with Crippen molar-refractivity contribution in [2.24, 2.45) is 0 Å². The predicted octanol–water partition coefficient (Wildman–Crippen LogP) is 1.38. The van der Waals surface area contributed by atoms with Crippen molar-refractivity contribution in [2.75, 3.05) is 26.8 Å². The van der Waals surface area contributed by atoms with Gasteiger partial charge in [0.25, 0.3) is 5.91 Å². The van der Waals surface area contributed by atoms with Crippen LogP contribution in [-0.2, 0) is 9.53 Å². The lowest BCUT2D eigenvalue weighted by atomic mass is 10.1. The van der Waals surface area contributed by atoms with E-state index >= 15 is 0 Å². The Kier molecular flexibility index (Phi) is 4.61. The van der Waals surface area contributed by atoms with Crippen LogP contribution < -0.4 is 4.74 Å². The quantitative estimate of drug-likeness (QED) is 0.897. The smallest absolute Gasteiger partial charge is 0.334 e. The summed E-state index contributed by atoms with van der Waals surface area (Å²) in [6.07, 6.45) is -0.975. The van der Waals surface area contributed by atoms with Crippen LogP contribution in [0.5, 0.6) is 5.75 Å². The van der Waals surface area contributed by atoms with Crippen LogP contribution in [0.25, 0.3) is 0 Å². The molecular weight excluding hydrogens is 330 g/mol. The number of benzene rings is 1. The molecule has 0 spiro atoms. The Balaban J connectivity index is 2.20. The topological polar surface area (TPSA) is 76.1 Å². The molecule has 2 rings (SSSR count). The minimum atomic E-state index is -1.06. The van der Waals surface area contributed by atoms with Gasteiger partial charge in [-0.05, 0) is 34.1 Å². The summed E-state index contributed by atoms with van der Waals surface area (Å²) >= 11 is 3.32. The molecule has 0 radical (unpaired) electrons. The number of carboxylic acid groups (broad SMARTS) is 1. The average molecular weight is 344 g/mol. The summed E-state index contributed by atoms with van der Waals surface area (Å²) in [6, 6.07) is 5.08. The normalized spacial score (nSPS) is 18.7. The first-order valence-corrected chi connectivity index (χ1v) is 6.79. The Morgan fingerprint density at radius 2 is 2.25 bits per heavy atom. The van der Waals surface area contributed by atoms with Crippen LogP contribution in [0.2, 0.25) is 0 Å². The molecule has 1 saturated heterocycles. The molecule has 6 nitrogen and oxygen atoms in total. The number of halogens is 1. The van der Waals surface area contributed by atoms with Crippen molar-refractivity contribution in [3.63, 3.8) is 0 Å². The highest BCUT2D eigenvalue weighted by Gasteiger charge is 2.30. The van der Waals surface area contributed by atoms with E-state index in [2.05, 4.69) is 15.9 Å². The number of hydrogen-bond donors (Lipinski definition) is 1. The molecule has 0 unspecified atom stereocenters. The van der Waals surface area contributed by atoms with E-state index in [1.54, 1.807) is 18.2 Å². The molecule has 0 aliphatic carbocycles. The molecule has 1 aliphatic rings. The fraction of sp³-hybridized carbons (Fsp3) is 0.385. The fourth-order valence-electron chi connectivity index (χ4n) is 1.95. The minimum absolute atomic E-state index is 0.0395. The molecule has 0 saturated carbocycles. The lowest BCUT2D eigenvalue weighted by molar-refractivity contribution is -0.154. The molecule has 1 amide bonds. The maximum atomic E-state index is 12.4. The number of nitrogens with zero attached hydrogens (tertiary/aromatic N) is 1. The fourth-order valence-corrected chi connectivity index (χ4v) is 2.36. The number of ether oxygens (including phenoxy) is 2. The molecule has 1 atom stereocenters. The van der Waals surface area contributed by atoms with E-state index in [1.165, 1.54) is 12.0 Å². The minimum Gasteiger partial charge on any atom is -0.497 e. The van der Waals surface area contributed by atoms with Gasteiger partial charge in [-0.25, -0.2) is 4.79 Å². The number of amides is 1. The number of carbonyl (C=O) groups is 2. The van der Waals surface area contributed by atoms with Crippen LogP contribution in [0.3, 0.4) is 0 Å². The van der Waals surface area contributed by atoms with E-state index in [4.69, 9.17) is 14.6 Å². The second-order valence-corrected chi connectivity index (χ2v) is 5.15. The van der Waals surface area contributed by atoms with Crippen LogP contribution in [0, 0.1) is 0 Å². The Morgan fingerprint density at radius 3 is 2.90 bits per heavy atom. The largest absolute Gasteiger partial charge is 0.497 e. The molecule has 1 heterocycles. The van der Waals surface area contributed by atoms with Gasteiger partial charge in [0.15, 0.2) is 6.10 Å². The molecule has 1 aliphatic heterocycles. The molecule has 0 bridgehead atoms. The molecule has 0 aromatic heterocycles. The molecule has 20 heavy (non-hydrogen) atoms. The highest BCUT2D eigenvalue weighted by atomic mass is 79.9. The highest BCUT2D eigenvalue weighted by molar-refractivity contribution is 9.10. The lowest BCUT2D eigenvalue weighted by Crippen LogP contribution is -2.48. The first-order chi connectivity index (χ1) is 9.52. The van der Waals surface area contributed by atoms with Gasteiger partial charge in [-0.3, -0.25) is 4.79 Å². The van der Waals surface area contributed by atoms with Gasteiger partial charge in [-0.15, -0.1) is 0 Å². The summed E-state index contributed by atoms with van der Waals surface area (Å²) in [5.41, 5.74) is 0.440. The van der Waals surface area contributed by atoms with Gasteiger partial charge in [0, 0.05) is 11.0 Å². The number of carbonyl (C=O) groups excluding carboxylic acids is 1. The number of rotatable bonds is 3. The number of carboxylic acids is 1. The summed E-state index contributed by atoms with van der Waals surface area (Å²) in [5, 5.41) is 8.95. The summed E-state index contributed by atoms with van der Waals surface area (Å²) in [6.45, 7) is 0.619. The van der Waals surface area contributed by atoms with E-state index in [1.807, 2.05) is 0 Å². The summed E-state index contributed by atoms with van der Waals surface area (Å²) in [7, 11) is 1.52. The van der Waals surface area contributed by atoms with Crippen LogP contribution in [0.15, 0.2) is 22.7 Å². The van der Waals surface area contributed by atoms with E-state index in [9.17, 15) is 9.59 Å². The Labute approximate surface area is 124 Å². The van der Waals surface area contributed by atoms with Crippen molar-refractivity contribution in [1.29, 1.82) is 0 Å². The summed E-state index contributed by atoms with van der Waals surface area (Å²) in [5.74, 6) is -0.739. The van der Waals surface area contributed by atoms with Crippen molar-refractivity contribution < 1.29 is 24.2 Å². The van der Waals surface area contributed by atoms with Crippen molar-refractivity contribution in [2.45, 2.75) is 6.10 Å². The van der Waals surface area contributed by atoms with E-state index in [-0.39, 0.29) is 19.1 Å². The van der Waals surface area contributed by atoms with Gasteiger partial charge in [0.05, 0.1) is 25.8 Å². The lowest BCUT2D eigenvalue weighted by Gasteiger charge is -2.31. The maximum absolute atomic E-state index is 12.4. The van der Waals surface area contributed by atoms with Gasteiger partial charge in [-0.2, -0.15) is 0 Å².